The zero-order chi connectivity index (χ0) is 16.0. The highest BCUT2D eigenvalue weighted by Crippen LogP contribution is 2.20. The van der Waals surface area contributed by atoms with E-state index in [9.17, 15) is 14.0 Å². The number of hydrogen-bond acceptors (Lipinski definition) is 2. The summed E-state index contributed by atoms with van der Waals surface area (Å²) in [4.78, 5) is 24.4. The van der Waals surface area contributed by atoms with Crippen LogP contribution in [-0.4, -0.2) is 34.5 Å². The maximum absolute atomic E-state index is 13.7. The summed E-state index contributed by atoms with van der Waals surface area (Å²) in [6, 6.07) is 4.20. The second-order valence-electron chi connectivity index (χ2n) is 5.06. The third kappa shape index (κ3) is 5.34. The van der Waals surface area contributed by atoms with Gasteiger partial charge in [0.2, 0.25) is 5.91 Å². The molecule has 0 radical (unpaired) electrons. The van der Waals surface area contributed by atoms with Crippen molar-refractivity contribution in [3.05, 3.63) is 34.6 Å². The predicted molar refractivity (Wildman–Crippen MR) is 78.8 cm³/mol. The fraction of sp³-hybridized carbons (Fsp3) is 0.467. The van der Waals surface area contributed by atoms with Gasteiger partial charge in [-0.1, -0.05) is 17.7 Å². The van der Waals surface area contributed by atoms with Crippen LogP contribution < -0.4 is 0 Å². The molecule has 0 bridgehead atoms. The number of benzene rings is 1. The molecule has 0 heterocycles. The van der Waals surface area contributed by atoms with E-state index in [1.165, 1.54) is 18.2 Å². The first-order chi connectivity index (χ1) is 9.82. The molecule has 1 aromatic rings. The maximum atomic E-state index is 13.7. The molecule has 0 atom stereocenters. The average Bonchev–Trinajstić information content (AvgIpc) is 2.38. The van der Waals surface area contributed by atoms with Crippen LogP contribution in [0.1, 0.15) is 32.3 Å². The molecular formula is C15H19ClFNO3. The van der Waals surface area contributed by atoms with Crippen LogP contribution in [0.25, 0.3) is 0 Å². The second-order valence-corrected chi connectivity index (χ2v) is 5.46. The Hall–Kier alpha value is -1.62. The van der Waals surface area contributed by atoms with Gasteiger partial charge in [-0.2, -0.15) is 0 Å². The standard InChI is InChI=1S/C15H19ClFNO3/c1-10(2)18(8-4-7-15(20)21)14(19)9-11-12(16)5-3-6-13(11)17/h3,5-6,10H,4,7-9H2,1-2H3,(H,20,21). The fourth-order valence-electron chi connectivity index (χ4n) is 2.03. The van der Waals surface area contributed by atoms with E-state index in [4.69, 9.17) is 16.7 Å². The van der Waals surface area contributed by atoms with Gasteiger partial charge in [-0.25, -0.2) is 4.39 Å². The minimum Gasteiger partial charge on any atom is -0.481 e. The van der Waals surface area contributed by atoms with Crippen LogP contribution in [0.4, 0.5) is 4.39 Å². The number of carbonyl (C=O) groups is 2. The summed E-state index contributed by atoms with van der Waals surface area (Å²) in [6.07, 6.45) is 0.234. The number of rotatable bonds is 7. The molecular weight excluding hydrogens is 297 g/mol. The molecule has 0 aromatic heterocycles. The summed E-state index contributed by atoms with van der Waals surface area (Å²) < 4.78 is 13.7. The van der Waals surface area contributed by atoms with Gasteiger partial charge in [-0.05, 0) is 32.4 Å². The molecule has 1 N–H and O–H groups in total. The zero-order valence-corrected chi connectivity index (χ0v) is 12.9. The monoisotopic (exact) mass is 315 g/mol. The SMILES string of the molecule is CC(C)N(CCCC(=O)O)C(=O)Cc1c(F)cccc1Cl. The number of aliphatic carboxylic acids is 1. The minimum atomic E-state index is -0.900. The lowest BCUT2D eigenvalue weighted by molar-refractivity contribution is -0.138. The molecule has 0 aliphatic rings. The molecule has 0 saturated heterocycles. The first-order valence-corrected chi connectivity index (χ1v) is 7.15. The van der Waals surface area contributed by atoms with E-state index in [1.807, 2.05) is 13.8 Å². The van der Waals surface area contributed by atoms with E-state index in [-0.39, 0.29) is 35.4 Å². The number of halogens is 2. The molecule has 4 nitrogen and oxygen atoms in total. The van der Waals surface area contributed by atoms with E-state index < -0.39 is 11.8 Å². The minimum absolute atomic E-state index is 0.00302. The van der Waals surface area contributed by atoms with Crippen LogP contribution in [0.3, 0.4) is 0 Å². The molecule has 0 aliphatic heterocycles. The fourth-order valence-corrected chi connectivity index (χ4v) is 2.26. The number of carboxylic acid groups (broad SMARTS) is 1. The van der Waals surface area contributed by atoms with Gasteiger partial charge in [0.15, 0.2) is 0 Å². The molecule has 0 aliphatic carbocycles. The van der Waals surface area contributed by atoms with Crippen molar-refractivity contribution in [2.24, 2.45) is 0 Å². The van der Waals surface area contributed by atoms with Gasteiger partial charge in [0, 0.05) is 29.6 Å². The van der Waals surface area contributed by atoms with Crippen molar-refractivity contribution >= 4 is 23.5 Å². The second kappa shape index (κ2) is 7.98. The number of carbonyl (C=O) groups excluding carboxylic acids is 1. The smallest absolute Gasteiger partial charge is 0.303 e. The van der Waals surface area contributed by atoms with Crippen LogP contribution in [0.15, 0.2) is 18.2 Å². The predicted octanol–water partition coefficient (Wildman–Crippen LogP) is 3.12. The Labute approximate surface area is 128 Å². The van der Waals surface area contributed by atoms with Gasteiger partial charge in [-0.3, -0.25) is 9.59 Å². The Morgan fingerprint density at radius 2 is 2.05 bits per heavy atom. The molecule has 0 fully saturated rings. The number of carboxylic acids is 1. The first-order valence-electron chi connectivity index (χ1n) is 6.77. The Bertz CT molecular complexity index is 499. The summed E-state index contributed by atoms with van der Waals surface area (Å²) in [5.74, 6) is -1.67. The normalized spacial score (nSPS) is 10.7. The van der Waals surface area contributed by atoms with Gasteiger partial charge >= 0.3 is 5.97 Å². The Kier molecular flexibility index (Phi) is 6.62. The van der Waals surface area contributed by atoms with E-state index >= 15 is 0 Å². The summed E-state index contributed by atoms with van der Waals surface area (Å²) in [5.41, 5.74) is 0.174. The highest BCUT2D eigenvalue weighted by atomic mass is 35.5. The Morgan fingerprint density at radius 3 is 2.57 bits per heavy atom. The van der Waals surface area contributed by atoms with Crippen molar-refractivity contribution in [2.45, 2.75) is 39.2 Å². The summed E-state index contributed by atoms with van der Waals surface area (Å²) in [5, 5.41) is 8.86. The Balaban J connectivity index is 2.75. The Morgan fingerprint density at radius 1 is 1.38 bits per heavy atom. The lowest BCUT2D eigenvalue weighted by Crippen LogP contribution is -2.39. The topological polar surface area (TPSA) is 57.6 Å². The molecule has 6 heteroatoms. The highest BCUT2D eigenvalue weighted by Gasteiger charge is 2.20. The van der Waals surface area contributed by atoms with Crippen molar-refractivity contribution in [2.75, 3.05) is 6.54 Å². The highest BCUT2D eigenvalue weighted by molar-refractivity contribution is 6.31. The van der Waals surface area contributed by atoms with Crippen molar-refractivity contribution in [3.8, 4) is 0 Å². The summed E-state index contributed by atoms with van der Waals surface area (Å²) in [6.45, 7) is 4.00. The molecule has 21 heavy (non-hydrogen) atoms. The van der Waals surface area contributed by atoms with Gasteiger partial charge in [0.1, 0.15) is 5.82 Å². The number of hydrogen-bond donors (Lipinski definition) is 1. The van der Waals surface area contributed by atoms with E-state index in [0.29, 0.717) is 13.0 Å². The molecule has 0 spiro atoms. The molecule has 1 rings (SSSR count). The van der Waals surface area contributed by atoms with Crippen LogP contribution in [0.2, 0.25) is 5.02 Å². The van der Waals surface area contributed by atoms with E-state index in [1.54, 1.807) is 4.90 Å². The lowest BCUT2D eigenvalue weighted by atomic mass is 10.1. The quantitative estimate of drug-likeness (QED) is 0.841. The number of amides is 1. The molecule has 0 unspecified atom stereocenters. The number of nitrogens with zero attached hydrogens (tertiary/aromatic N) is 1. The molecule has 116 valence electrons. The molecule has 1 aromatic carbocycles. The van der Waals surface area contributed by atoms with Gasteiger partial charge in [0.05, 0.1) is 6.42 Å². The first kappa shape index (κ1) is 17.4. The van der Waals surface area contributed by atoms with Crippen LogP contribution in [0.5, 0.6) is 0 Å². The van der Waals surface area contributed by atoms with Gasteiger partial charge in [-0.15, -0.1) is 0 Å². The van der Waals surface area contributed by atoms with Crippen molar-refractivity contribution in [3.63, 3.8) is 0 Å². The van der Waals surface area contributed by atoms with Crippen LogP contribution in [0, 0.1) is 5.82 Å². The maximum Gasteiger partial charge on any atom is 0.303 e. The summed E-state index contributed by atoms with van der Waals surface area (Å²) >= 11 is 5.92. The van der Waals surface area contributed by atoms with Crippen molar-refractivity contribution in [1.29, 1.82) is 0 Å². The van der Waals surface area contributed by atoms with Gasteiger partial charge < -0.3 is 10.0 Å². The largest absolute Gasteiger partial charge is 0.481 e. The summed E-state index contributed by atoms with van der Waals surface area (Å²) in [7, 11) is 0. The third-order valence-electron chi connectivity index (χ3n) is 3.12. The van der Waals surface area contributed by atoms with Crippen LogP contribution >= 0.6 is 11.6 Å². The van der Waals surface area contributed by atoms with E-state index in [2.05, 4.69) is 0 Å². The average molecular weight is 316 g/mol. The van der Waals surface area contributed by atoms with E-state index in [0.717, 1.165) is 0 Å². The molecule has 1 amide bonds. The van der Waals surface area contributed by atoms with Gasteiger partial charge in [0.25, 0.3) is 0 Å². The third-order valence-corrected chi connectivity index (χ3v) is 3.48. The molecule has 0 saturated carbocycles. The lowest BCUT2D eigenvalue weighted by Gasteiger charge is -2.27. The van der Waals surface area contributed by atoms with Crippen molar-refractivity contribution in [1.82, 2.24) is 4.90 Å². The van der Waals surface area contributed by atoms with Crippen LogP contribution in [-0.2, 0) is 16.0 Å². The zero-order valence-electron chi connectivity index (χ0n) is 12.1. The van der Waals surface area contributed by atoms with Crippen molar-refractivity contribution < 1.29 is 19.1 Å².